The molecule has 2 aromatic rings. The first kappa shape index (κ1) is 31.6. The second kappa shape index (κ2) is 16.3. The minimum Gasteiger partial charge on any atom is -0.339 e. The van der Waals surface area contributed by atoms with Crippen LogP contribution in [0.4, 0.5) is 10.5 Å². The first-order chi connectivity index (χ1) is 18.7. The van der Waals surface area contributed by atoms with Gasteiger partial charge in [0, 0.05) is 36.8 Å². The van der Waals surface area contributed by atoms with Crippen LogP contribution in [0.3, 0.4) is 0 Å². The number of nitrogens with one attached hydrogen (secondary N) is 2. The smallest absolute Gasteiger partial charge is 0.319 e. The van der Waals surface area contributed by atoms with Crippen LogP contribution < -0.4 is 10.6 Å². The number of urea groups is 1. The van der Waals surface area contributed by atoms with Crippen LogP contribution in [-0.2, 0) is 4.79 Å². The van der Waals surface area contributed by atoms with Gasteiger partial charge in [-0.05, 0) is 80.8 Å². The number of likely N-dealkylation sites (tertiary alicyclic amines) is 1. The van der Waals surface area contributed by atoms with Crippen LogP contribution in [0.2, 0.25) is 0 Å². The summed E-state index contributed by atoms with van der Waals surface area (Å²) < 4.78 is 0. The van der Waals surface area contributed by atoms with E-state index in [9.17, 15) is 14.4 Å². The number of amides is 3. The van der Waals surface area contributed by atoms with Crippen LogP contribution in [-0.4, -0.2) is 41.8 Å². The van der Waals surface area contributed by atoms with E-state index in [2.05, 4.69) is 30.6 Å². The van der Waals surface area contributed by atoms with Gasteiger partial charge in [-0.3, -0.25) is 4.79 Å². The Morgan fingerprint density at radius 3 is 2.23 bits per heavy atom. The van der Waals surface area contributed by atoms with Gasteiger partial charge >= 0.3 is 6.03 Å². The number of rotatable bonds is 9. The van der Waals surface area contributed by atoms with Crippen LogP contribution in [0.1, 0.15) is 106 Å². The molecule has 2 aromatic carbocycles. The number of Topliss-reactive ketones (excluding diaryl/α,β-unsaturated/α-hetero) is 1. The summed E-state index contributed by atoms with van der Waals surface area (Å²) in [5, 5.41) is 15.0. The number of unbranched alkanes of at least 4 members (excludes halogenated alkanes) is 1. The molecule has 0 aromatic heterocycles. The van der Waals surface area contributed by atoms with Crippen LogP contribution in [0.15, 0.2) is 42.5 Å². The highest BCUT2D eigenvalue weighted by Crippen LogP contribution is 2.29. The summed E-state index contributed by atoms with van der Waals surface area (Å²) in [7, 11) is 0. The molecule has 1 aliphatic heterocycles. The molecule has 1 aliphatic rings. The predicted octanol–water partition coefficient (Wildman–Crippen LogP) is 6.96. The largest absolute Gasteiger partial charge is 0.339 e. The monoisotopic (exact) mass is 532 g/mol. The van der Waals surface area contributed by atoms with Crippen molar-refractivity contribution in [3.8, 4) is 6.07 Å². The van der Waals surface area contributed by atoms with E-state index in [0.29, 0.717) is 42.2 Å². The van der Waals surface area contributed by atoms with Gasteiger partial charge in [0.25, 0.3) is 5.91 Å². The number of nitriles is 1. The van der Waals surface area contributed by atoms with Gasteiger partial charge in [0.15, 0.2) is 0 Å². The van der Waals surface area contributed by atoms with Gasteiger partial charge in [0.2, 0.25) is 0 Å². The standard InChI is InChI=1S/C28H36N4O2.C4H8O/c1-4-6-7-25(5-2)30-28(34)31-26-18-24(11-8-20(26)3)27(33)32-16-14-23(15-17-32)22-12-9-21(19-29)10-13-22;1-3-4(2)5/h8-13,18,23,25H,4-7,14-17H2,1-3H3,(H2,30,31,34);3H2,1-2H3. The van der Waals surface area contributed by atoms with Gasteiger partial charge < -0.3 is 20.3 Å². The van der Waals surface area contributed by atoms with Crippen molar-refractivity contribution in [1.29, 1.82) is 5.26 Å². The molecule has 210 valence electrons. The lowest BCUT2D eigenvalue weighted by atomic mass is 9.89. The van der Waals surface area contributed by atoms with Gasteiger partial charge in [0.05, 0.1) is 11.6 Å². The molecule has 7 heteroatoms. The Labute approximate surface area is 234 Å². The minimum atomic E-state index is -0.223. The number of nitrogens with zero attached hydrogens (tertiary/aromatic N) is 2. The highest BCUT2D eigenvalue weighted by molar-refractivity contribution is 5.97. The van der Waals surface area contributed by atoms with E-state index in [-0.39, 0.29) is 23.8 Å². The first-order valence-corrected chi connectivity index (χ1v) is 14.2. The third-order valence-corrected chi connectivity index (χ3v) is 7.26. The number of hydrogen-bond donors (Lipinski definition) is 2. The summed E-state index contributed by atoms with van der Waals surface area (Å²) in [5.74, 6) is 0.649. The number of benzene rings is 2. The molecular formula is C32H44N4O3. The maximum Gasteiger partial charge on any atom is 0.319 e. The van der Waals surface area contributed by atoms with Crippen LogP contribution >= 0.6 is 0 Å². The second-order valence-corrected chi connectivity index (χ2v) is 10.2. The Morgan fingerprint density at radius 1 is 1.05 bits per heavy atom. The van der Waals surface area contributed by atoms with E-state index >= 15 is 0 Å². The SMILES string of the molecule is CCC(C)=O.CCCCC(CC)NC(=O)Nc1cc(C(=O)N2CCC(c3ccc(C#N)cc3)CC2)ccc1C. The second-order valence-electron chi connectivity index (χ2n) is 10.2. The van der Waals surface area contributed by atoms with Crippen molar-refractivity contribution < 1.29 is 14.4 Å². The Balaban J connectivity index is 0.000000976. The van der Waals surface area contributed by atoms with Crippen molar-refractivity contribution in [3.63, 3.8) is 0 Å². The molecule has 1 saturated heterocycles. The zero-order chi connectivity index (χ0) is 28.8. The molecule has 0 spiro atoms. The van der Waals surface area contributed by atoms with E-state index in [1.54, 1.807) is 13.0 Å². The number of ketones is 1. The van der Waals surface area contributed by atoms with Gasteiger partial charge in [-0.15, -0.1) is 0 Å². The molecule has 39 heavy (non-hydrogen) atoms. The molecule has 0 aliphatic carbocycles. The summed E-state index contributed by atoms with van der Waals surface area (Å²) in [6, 6.07) is 15.4. The summed E-state index contributed by atoms with van der Waals surface area (Å²) >= 11 is 0. The van der Waals surface area contributed by atoms with Crippen molar-refractivity contribution in [3.05, 3.63) is 64.7 Å². The maximum absolute atomic E-state index is 13.2. The predicted molar refractivity (Wildman–Crippen MR) is 157 cm³/mol. The van der Waals surface area contributed by atoms with Crippen LogP contribution in [0.25, 0.3) is 0 Å². The third kappa shape index (κ3) is 10.2. The third-order valence-electron chi connectivity index (χ3n) is 7.26. The molecule has 3 amide bonds. The number of piperidine rings is 1. The van der Waals surface area contributed by atoms with E-state index in [4.69, 9.17) is 5.26 Å². The lowest BCUT2D eigenvalue weighted by Gasteiger charge is -2.32. The zero-order valence-electron chi connectivity index (χ0n) is 24.2. The summed E-state index contributed by atoms with van der Waals surface area (Å²) in [6.07, 6.45) is 6.51. The van der Waals surface area contributed by atoms with Gasteiger partial charge in [-0.1, -0.05) is 51.8 Å². The fourth-order valence-corrected chi connectivity index (χ4v) is 4.49. The number of anilines is 1. The Kier molecular flexibility index (Phi) is 13.2. The fraction of sp³-hybridized carbons (Fsp3) is 0.500. The minimum absolute atomic E-state index is 0.00360. The molecule has 0 bridgehead atoms. The highest BCUT2D eigenvalue weighted by atomic mass is 16.2. The molecule has 0 radical (unpaired) electrons. The van der Waals surface area contributed by atoms with E-state index in [1.807, 2.05) is 55.1 Å². The lowest BCUT2D eigenvalue weighted by Crippen LogP contribution is -2.38. The average Bonchev–Trinajstić information content (AvgIpc) is 2.96. The van der Waals surface area contributed by atoms with Crippen molar-refractivity contribution in [2.75, 3.05) is 18.4 Å². The molecule has 1 unspecified atom stereocenters. The fourth-order valence-electron chi connectivity index (χ4n) is 4.49. The number of carbonyl (C=O) groups excluding carboxylic acids is 3. The highest BCUT2D eigenvalue weighted by Gasteiger charge is 2.25. The molecule has 3 rings (SSSR count). The van der Waals surface area contributed by atoms with Crippen molar-refractivity contribution >= 4 is 23.4 Å². The Hall–Kier alpha value is -3.66. The van der Waals surface area contributed by atoms with Crippen molar-refractivity contribution in [2.45, 2.75) is 91.5 Å². The summed E-state index contributed by atoms with van der Waals surface area (Å²) in [5.41, 5.74) is 4.08. The molecule has 0 saturated carbocycles. The van der Waals surface area contributed by atoms with E-state index in [1.165, 1.54) is 5.56 Å². The number of carbonyl (C=O) groups is 3. The van der Waals surface area contributed by atoms with Crippen molar-refractivity contribution in [1.82, 2.24) is 10.2 Å². The Morgan fingerprint density at radius 2 is 1.69 bits per heavy atom. The summed E-state index contributed by atoms with van der Waals surface area (Å²) in [6.45, 7) is 11.0. The topological polar surface area (TPSA) is 102 Å². The van der Waals surface area contributed by atoms with Gasteiger partial charge in [0.1, 0.15) is 5.78 Å². The Bertz CT molecular complexity index is 1130. The van der Waals surface area contributed by atoms with E-state index < -0.39 is 0 Å². The summed E-state index contributed by atoms with van der Waals surface area (Å²) in [4.78, 5) is 37.4. The quantitative estimate of drug-likeness (QED) is 0.364. The molecule has 7 nitrogen and oxygen atoms in total. The molecule has 1 heterocycles. The lowest BCUT2D eigenvalue weighted by molar-refractivity contribution is -0.116. The van der Waals surface area contributed by atoms with Crippen molar-refractivity contribution in [2.24, 2.45) is 0 Å². The number of hydrogen-bond acceptors (Lipinski definition) is 4. The zero-order valence-corrected chi connectivity index (χ0v) is 24.2. The maximum atomic E-state index is 13.2. The van der Waals surface area contributed by atoms with Crippen LogP contribution in [0.5, 0.6) is 0 Å². The normalized spacial score (nSPS) is 13.9. The molecular weight excluding hydrogens is 488 g/mol. The van der Waals surface area contributed by atoms with E-state index in [0.717, 1.165) is 44.1 Å². The average molecular weight is 533 g/mol. The molecule has 1 fully saturated rings. The van der Waals surface area contributed by atoms with Crippen LogP contribution in [0, 0.1) is 18.3 Å². The number of aryl methyl sites for hydroxylation is 1. The molecule has 1 atom stereocenters. The van der Waals surface area contributed by atoms with Gasteiger partial charge in [-0.2, -0.15) is 5.26 Å². The molecule has 2 N–H and O–H groups in total. The first-order valence-electron chi connectivity index (χ1n) is 14.2. The van der Waals surface area contributed by atoms with Gasteiger partial charge in [-0.25, -0.2) is 4.79 Å².